The highest BCUT2D eigenvalue weighted by molar-refractivity contribution is 8.68. The molecule has 0 aromatic rings. The molecule has 3 N–H and O–H groups in total. The summed E-state index contributed by atoms with van der Waals surface area (Å²) in [6.45, 7) is 14.3. The lowest BCUT2D eigenvalue weighted by molar-refractivity contribution is -0.132. The molecule has 224 valence electrons. The Morgan fingerprint density at radius 2 is 1.00 bits per heavy atom. The van der Waals surface area contributed by atoms with Crippen LogP contribution in [0.15, 0.2) is 0 Å². The molecule has 0 saturated heterocycles. The Kier molecular flexibility index (Phi) is 18.5. The van der Waals surface area contributed by atoms with E-state index >= 15 is 0 Å². The molecular weight excluding hydrogens is 538 g/mol. The smallest absolute Gasteiger partial charge is 0.220 e. The third-order valence-electron chi connectivity index (χ3n) is 6.27. The molecule has 0 rings (SSSR count). The van der Waals surface area contributed by atoms with Crippen molar-refractivity contribution in [2.24, 2.45) is 17.8 Å². The highest BCUT2D eigenvalue weighted by Crippen LogP contribution is 2.13. The molecule has 0 bridgehead atoms. The summed E-state index contributed by atoms with van der Waals surface area (Å²) < 4.78 is 0. The van der Waals surface area contributed by atoms with Crippen molar-refractivity contribution in [1.82, 2.24) is 16.0 Å². The van der Waals surface area contributed by atoms with Gasteiger partial charge in [0.1, 0.15) is 5.78 Å². The molecule has 0 radical (unpaired) electrons. The first kappa shape index (κ1) is 37.3. The van der Waals surface area contributed by atoms with Crippen molar-refractivity contribution < 1.29 is 28.8 Å². The van der Waals surface area contributed by atoms with E-state index in [0.717, 1.165) is 10.8 Å². The second kappa shape index (κ2) is 19.4. The summed E-state index contributed by atoms with van der Waals surface area (Å²) in [4.78, 5) is 75.4. The minimum Gasteiger partial charge on any atom is -0.346 e. The number of amides is 2. The second-order valence-corrected chi connectivity index (χ2v) is 12.5. The standard InChI is InChI=1S/C28H49N3O6S2/c1-16(2)23(32)12-9-21(27(36)17(3)4)30-26(35)14-11-22(28(37)18(5)6)31-25(34)13-10-20(29-19(7)8)24(33)15-39-38/h16-22,29,38H,9-15H2,1-8H3,(H,30,35)(H,31,34). The first-order valence-electron chi connectivity index (χ1n) is 13.8. The molecule has 3 atom stereocenters. The van der Waals surface area contributed by atoms with E-state index in [0.29, 0.717) is 0 Å². The minimum absolute atomic E-state index is 0.0213. The highest BCUT2D eigenvalue weighted by atomic mass is 33.1. The number of ketones is 4. The number of carbonyl (C=O) groups is 6. The van der Waals surface area contributed by atoms with Crippen LogP contribution in [0.25, 0.3) is 0 Å². The van der Waals surface area contributed by atoms with E-state index in [9.17, 15) is 28.8 Å². The molecule has 2 amide bonds. The Balaban J connectivity index is 5.26. The van der Waals surface area contributed by atoms with Crippen molar-refractivity contribution >= 4 is 57.4 Å². The minimum atomic E-state index is -0.870. The molecule has 0 aliphatic rings. The van der Waals surface area contributed by atoms with Gasteiger partial charge in [-0.1, -0.05) is 66.2 Å². The monoisotopic (exact) mass is 587 g/mol. The van der Waals surface area contributed by atoms with Gasteiger partial charge in [0.25, 0.3) is 0 Å². The number of nitrogens with one attached hydrogen (secondary N) is 3. The van der Waals surface area contributed by atoms with Gasteiger partial charge in [-0.25, -0.2) is 0 Å². The number of Topliss-reactive ketones (excluding diaryl/α,β-unsaturated/α-hetero) is 4. The van der Waals surface area contributed by atoms with Gasteiger partial charge < -0.3 is 16.0 Å². The molecule has 9 nitrogen and oxygen atoms in total. The van der Waals surface area contributed by atoms with Crippen LogP contribution in [0.1, 0.15) is 93.9 Å². The summed E-state index contributed by atoms with van der Waals surface area (Å²) in [7, 11) is 1.12. The van der Waals surface area contributed by atoms with Gasteiger partial charge in [0.05, 0.1) is 23.9 Å². The van der Waals surface area contributed by atoms with Gasteiger partial charge in [-0.05, 0) is 19.3 Å². The van der Waals surface area contributed by atoms with Crippen LogP contribution in [0, 0.1) is 17.8 Å². The maximum atomic E-state index is 12.8. The van der Waals surface area contributed by atoms with Gasteiger partial charge in [-0.2, -0.15) is 0 Å². The number of hydrogen-bond acceptors (Lipinski definition) is 9. The Morgan fingerprint density at radius 3 is 1.36 bits per heavy atom. The van der Waals surface area contributed by atoms with E-state index in [1.807, 2.05) is 13.8 Å². The van der Waals surface area contributed by atoms with E-state index in [1.165, 1.54) is 0 Å². The zero-order chi connectivity index (χ0) is 30.3. The van der Waals surface area contributed by atoms with Crippen molar-refractivity contribution in [3.63, 3.8) is 0 Å². The van der Waals surface area contributed by atoms with Crippen LogP contribution < -0.4 is 16.0 Å². The predicted molar refractivity (Wildman–Crippen MR) is 160 cm³/mol. The number of carbonyl (C=O) groups excluding carboxylic acids is 6. The van der Waals surface area contributed by atoms with Crippen LogP contribution in [0.2, 0.25) is 0 Å². The Morgan fingerprint density at radius 1 is 0.590 bits per heavy atom. The molecule has 0 fully saturated rings. The predicted octanol–water partition coefficient (Wildman–Crippen LogP) is 3.49. The molecule has 0 aliphatic heterocycles. The molecule has 11 heteroatoms. The topological polar surface area (TPSA) is 139 Å². The molecule has 0 saturated carbocycles. The molecule has 3 unspecified atom stereocenters. The molecule has 0 spiro atoms. The Hall–Kier alpha value is -1.72. The summed E-state index contributed by atoms with van der Waals surface area (Å²) in [6.07, 6.45) is 0.725. The van der Waals surface area contributed by atoms with E-state index in [1.54, 1.807) is 41.5 Å². The Labute approximate surface area is 243 Å². The molecule has 39 heavy (non-hydrogen) atoms. The maximum absolute atomic E-state index is 12.8. The average molecular weight is 588 g/mol. The van der Waals surface area contributed by atoms with Crippen LogP contribution >= 0.6 is 22.5 Å². The number of rotatable bonds is 21. The molecular formula is C28H49N3O6S2. The summed E-state index contributed by atoms with van der Waals surface area (Å²) in [5.74, 6) is -1.80. The fourth-order valence-corrected chi connectivity index (χ4v) is 4.65. The number of hydrogen-bond donors (Lipinski definition) is 4. The van der Waals surface area contributed by atoms with Crippen molar-refractivity contribution in [1.29, 1.82) is 0 Å². The van der Waals surface area contributed by atoms with Crippen LogP contribution in [0.5, 0.6) is 0 Å². The van der Waals surface area contributed by atoms with E-state index < -0.39 is 24.0 Å². The van der Waals surface area contributed by atoms with E-state index in [4.69, 9.17) is 0 Å². The third-order valence-corrected chi connectivity index (χ3v) is 7.07. The van der Waals surface area contributed by atoms with Gasteiger partial charge in [-0.15, -0.1) is 11.7 Å². The van der Waals surface area contributed by atoms with Crippen molar-refractivity contribution in [3.8, 4) is 0 Å². The third kappa shape index (κ3) is 15.6. The first-order chi connectivity index (χ1) is 18.1. The molecule has 0 aromatic carbocycles. The average Bonchev–Trinajstić information content (AvgIpc) is 2.85. The van der Waals surface area contributed by atoms with Gasteiger partial charge in [-0.3, -0.25) is 28.8 Å². The van der Waals surface area contributed by atoms with E-state index in [2.05, 4.69) is 27.6 Å². The largest absolute Gasteiger partial charge is 0.346 e. The van der Waals surface area contributed by atoms with Crippen LogP contribution in [0.3, 0.4) is 0 Å². The van der Waals surface area contributed by atoms with Crippen LogP contribution in [-0.2, 0) is 28.8 Å². The summed E-state index contributed by atoms with van der Waals surface area (Å²) in [5.41, 5.74) is 0. The van der Waals surface area contributed by atoms with Crippen LogP contribution in [-0.4, -0.2) is 64.9 Å². The zero-order valence-electron chi connectivity index (χ0n) is 24.8. The number of thiol groups is 1. The van der Waals surface area contributed by atoms with Gasteiger partial charge in [0.2, 0.25) is 11.8 Å². The lowest BCUT2D eigenvalue weighted by atomic mass is 9.94. The lowest BCUT2D eigenvalue weighted by Gasteiger charge is -2.23. The maximum Gasteiger partial charge on any atom is 0.220 e. The fourth-order valence-electron chi connectivity index (χ4n) is 3.94. The molecule has 0 heterocycles. The summed E-state index contributed by atoms with van der Waals surface area (Å²) in [5, 5.41) is 8.64. The van der Waals surface area contributed by atoms with Gasteiger partial charge >= 0.3 is 0 Å². The zero-order valence-corrected chi connectivity index (χ0v) is 26.5. The normalized spacial score (nSPS) is 13.9. The quantitative estimate of drug-likeness (QED) is 0.118. The highest BCUT2D eigenvalue weighted by Gasteiger charge is 2.28. The Bertz CT molecular complexity index is 845. The fraction of sp³-hybridized carbons (Fsp3) is 0.786. The van der Waals surface area contributed by atoms with Crippen molar-refractivity contribution in [3.05, 3.63) is 0 Å². The van der Waals surface area contributed by atoms with Gasteiger partial charge in [0.15, 0.2) is 17.3 Å². The first-order valence-corrected chi connectivity index (χ1v) is 15.9. The lowest BCUT2D eigenvalue weighted by Crippen LogP contribution is -2.46. The van der Waals surface area contributed by atoms with Crippen LogP contribution in [0.4, 0.5) is 0 Å². The van der Waals surface area contributed by atoms with Gasteiger partial charge in [0, 0.05) is 43.1 Å². The SMILES string of the molecule is CC(C)NC(CCC(=O)NC(CCC(=O)NC(CCC(=O)C(C)C)C(=O)C(C)C)C(=O)C(C)C)C(=O)CSS. The summed E-state index contributed by atoms with van der Waals surface area (Å²) >= 11 is 4.04. The second-order valence-electron chi connectivity index (χ2n) is 11.2. The van der Waals surface area contributed by atoms with E-state index in [-0.39, 0.29) is 97.1 Å². The molecule has 0 aliphatic carbocycles. The molecule has 0 aromatic heterocycles. The van der Waals surface area contributed by atoms with Crippen molar-refractivity contribution in [2.45, 2.75) is 118 Å². The summed E-state index contributed by atoms with van der Waals surface area (Å²) in [6, 6.07) is -2.10. The van der Waals surface area contributed by atoms with Crippen molar-refractivity contribution in [2.75, 3.05) is 5.75 Å².